The molecule has 3 atom stereocenters. The van der Waals surface area contributed by atoms with Crippen LogP contribution in [-0.2, 0) is 4.79 Å². The number of ketones is 1. The normalized spacial score (nSPS) is 20.1. The van der Waals surface area contributed by atoms with E-state index in [1.807, 2.05) is 49.4 Å². The number of rotatable bonds is 7. The van der Waals surface area contributed by atoms with Crippen LogP contribution in [0, 0.1) is 5.92 Å². The van der Waals surface area contributed by atoms with Crippen molar-refractivity contribution in [1.29, 1.82) is 0 Å². The lowest BCUT2D eigenvalue weighted by molar-refractivity contribution is -0.122. The Morgan fingerprint density at radius 3 is 2.24 bits per heavy atom. The van der Waals surface area contributed by atoms with Gasteiger partial charge in [0, 0.05) is 18.0 Å². The van der Waals surface area contributed by atoms with Crippen molar-refractivity contribution < 1.29 is 28.8 Å². The van der Waals surface area contributed by atoms with Crippen molar-refractivity contribution in [3.05, 3.63) is 77.5 Å². The first kappa shape index (κ1) is 25.3. The lowest BCUT2D eigenvalue weighted by Gasteiger charge is -2.33. The molecular weight excluding hydrogens is 484 g/mol. The van der Waals surface area contributed by atoms with Crippen LogP contribution in [0.4, 0.5) is 11.4 Å². The number of phenols is 1. The number of benzene rings is 3. The fourth-order valence-corrected chi connectivity index (χ4v) is 5.31. The SMILES string of the molecule is CCOc1cc(C2Nc3ccccc3NC3=CC(c4cc(OC)c(OC)c(OC)c4)CC(=O)C32)ccc1O. The minimum Gasteiger partial charge on any atom is -0.504 e. The number of carbonyl (C=O) groups is 1. The second kappa shape index (κ2) is 10.6. The summed E-state index contributed by atoms with van der Waals surface area (Å²) in [4.78, 5) is 13.9. The molecule has 8 heteroatoms. The fraction of sp³-hybridized carbons (Fsp3) is 0.300. The predicted molar refractivity (Wildman–Crippen MR) is 146 cm³/mol. The number of anilines is 2. The van der Waals surface area contributed by atoms with Crippen LogP contribution in [0.5, 0.6) is 28.7 Å². The third kappa shape index (κ3) is 4.58. The van der Waals surface area contributed by atoms with Gasteiger partial charge in [0.15, 0.2) is 23.0 Å². The van der Waals surface area contributed by atoms with Crippen LogP contribution < -0.4 is 29.6 Å². The van der Waals surface area contributed by atoms with Crippen LogP contribution in [-0.4, -0.2) is 38.8 Å². The molecule has 3 aromatic rings. The first-order valence-electron chi connectivity index (χ1n) is 12.6. The third-order valence-corrected chi connectivity index (χ3v) is 7.09. The number of para-hydroxylation sites is 2. The van der Waals surface area contributed by atoms with Crippen molar-refractivity contribution in [2.24, 2.45) is 5.92 Å². The molecule has 0 radical (unpaired) electrons. The van der Waals surface area contributed by atoms with Crippen LogP contribution in [0.1, 0.15) is 36.4 Å². The molecule has 5 rings (SSSR count). The highest BCUT2D eigenvalue weighted by Gasteiger charge is 2.40. The monoisotopic (exact) mass is 516 g/mol. The van der Waals surface area contributed by atoms with Gasteiger partial charge in [0.1, 0.15) is 5.78 Å². The topological polar surface area (TPSA) is 98.3 Å². The average Bonchev–Trinajstić information content (AvgIpc) is 3.10. The Kier molecular flexibility index (Phi) is 7.05. The molecule has 1 aliphatic carbocycles. The zero-order chi connectivity index (χ0) is 26.8. The first-order valence-corrected chi connectivity index (χ1v) is 12.6. The molecule has 0 fully saturated rings. The average molecular weight is 517 g/mol. The molecule has 3 N–H and O–H groups in total. The number of ether oxygens (including phenoxy) is 4. The van der Waals surface area contributed by atoms with Gasteiger partial charge in [0.05, 0.1) is 51.3 Å². The van der Waals surface area contributed by atoms with E-state index in [4.69, 9.17) is 18.9 Å². The van der Waals surface area contributed by atoms with Gasteiger partial charge < -0.3 is 34.7 Å². The van der Waals surface area contributed by atoms with E-state index in [1.165, 1.54) is 0 Å². The van der Waals surface area contributed by atoms with Crippen LogP contribution in [0.25, 0.3) is 0 Å². The summed E-state index contributed by atoms with van der Waals surface area (Å²) in [6.45, 7) is 2.29. The highest BCUT2D eigenvalue weighted by molar-refractivity contribution is 5.90. The van der Waals surface area contributed by atoms with E-state index >= 15 is 0 Å². The van der Waals surface area contributed by atoms with Crippen molar-refractivity contribution in [1.82, 2.24) is 0 Å². The van der Waals surface area contributed by atoms with Crippen molar-refractivity contribution in [2.75, 3.05) is 38.6 Å². The number of fused-ring (bicyclic) bond motifs is 2. The minimum atomic E-state index is -0.472. The number of allylic oxidation sites excluding steroid dienone is 1. The number of Topliss-reactive ketones (excluding diaryl/α,β-unsaturated/α-hetero) is 1. The van der Waals surface area contributed by atoms with E-state index in [2.05, 4.69) is 16.7 Å². The highest BCUT2D eigenvalue weighted by Crippen LogP contribution is 2.47. The number of hydrogen-bond acceptors (Lipinski definition) is 8. The molecule has 2 aliphatic rings. The smallest absolute Gasteiger partial charge is 0.203 e. The maximum Gasteiger partial charge on any atom is 0.203 e. The van der Waals surface area contributed by atoms with Gasteiger partial charge in [0.25, 0.3) is 0 Å². The molecule has 3 unspecified atom stereocenters. The van der Waals surface area contributed by atoms with Gasteiger partial charge in [-0.25, -0.2) is 0 Å². The van der Waals surface area contributed by atoms with Crippen LogP contribution in [0.15, 0.2) is 66.4 Å². The molecule has 0 saturated carbocycles. The lowest BCUT2D eigenvalue weighted by Crippen LogP contribution is -2.33. The number of carbonyl (C=O) groups excluding carboxylic acids is 1. The molecule has 38 heavy (non-hydrogen) atoms. The van der Waals surface area contributed by atoms with E-state index in [-0.39, 0.29) is 23.5 Å². The molecule has 1 heterocycles. The second-order valence-corrected chi connectivity index (χ2v) is 9.29. The second-order valence-electron chi connectivity index (χ2n) is 9.29. The summed E-state index contributed by atoms with van der Waals surface area (Å²) in [7, 11) is 4.72. The van der Waals surface area contributed by atoms with Crippen molar-refractivity contribution in [2.45, 2.75) is 25.3 Å². The minimum absolute atomic E-state index is 0.0657. The van der Waals surface area contributed by atoms with Crippen LogP contribution in [0.3, 0.4) is 0 Å². The zero-order valence-electron chi connectivity index (χ0n) is 21.9. The van der Waals surface area contributed by atoms with E-state index in [9.17, 15) is 9.90 Å². The van der Waals surface area contributed by atoms with Crippen LogP contribution >= 0.6 is 0 Å². The van der Waals surface area contributed by atoms with Crippen molar-refractivity contribution >= 4 is 17.2 Å². The van der Waals surface area contributed by atoms with Gasteiger partial charge in [0.2, 0.25) is 5.75 Å². The summed E-state index contributed by atoms with van der Waals surface area (Å²) in [6, 6.07) is 16.6. The van der Waals surface area contributed by atoms with E-state index in [0.29, 0.717) is 36.0 Å². The standard InChI is InChI=1S/C30H32N2O6/c1-5-38-25-14-17(10-11-23(25)33)29-28-22(31-20-8-6-7-9-21(20)32-29)12-18(13-24(28)34)19-15-26(35-2)30(37-4)27(16-19)36-3/h6-12,14-16,18,28-29,31-33H,5,13H2,1-4H3. The number of aromatic hydroxyl groups is 1. The largest absolute Gasteiger partial charge is 0.504 e. The molecule has 0 aromatic heterocycles. The third-order valence-electron chi connectivity index (χ3n) is 7.09. The number of phenolic OH excluding ortho intramolecular Hbond substituents is 1. The first-order chi connectivity index (χ1) is 18.5. The summed E-state index contributed by atoms with van der Waals surface area (Å²) < 4.78 is 22.2. The van der Waals surface area contributed by atoms with E-state index in [1.54, 1.807) is 33.5 Å². The summed E-state index contributed by atoms with van der Waals surface area (Å²) in [5.74, 6) is 1.47. The molecular formula is C30H32N2O6. The zero-order valence-corrected chi connectivity index (χ0v) is 21.9. The highest BCUT2D eigenvalue weighted by atomic mass is 16.5. The maximum absolute atomic E-state index is 13.9. The quantitative estimate of drug-likeness (QED) is 0.371. The molecule has 198 valence electrons. The Hall–Kier alpha value is -4.33. The molecule has 1 aliphatic heterocycles. The Morgan fingerprint density at radius 2 is 1.58 bits per heavy atom. The van der Waals surface area contributed by atoms with Gasteiger partial charge in [-0.1, -0.05) is 24.3 Å². The summed E-state index contributed by atoms with van der Waals surface area (Å²) in [5, 5.41) is 17.4. The molecule has 0 spiro atoms. The van der Waals surface area contributed by atoms with Gasteiger partial charge in [-0.3, -0.25) is 4.79 Å². The van der Waals surface area contributed by atoms with Crippen LogP contribution in [0.2, 0.25) is 0 Å². The Morgan fingerprint density at radius 1 is 0.895 bits per heavy atom. The Bertz CT molecular complexity index is 1360. The molecule has 3 aromatic carbocycles. The Labute approximate surface area is 222 Å². The number of hydrogen-bond donors (Lipinski definition) is 3. The number of methoxy groups -OCH3 is 3. The summed E-state index contributed by atoms with van der Waals surface area (Å²) in [5.41, 5.74) is 4.32. The summed E-state index contributed by atoms with van der Waals surface area (Å²) in [6.07, 6.45) is 2.42. The maximum atomic E-state index is 13.9. The van der Waals surface area contributed by atoms with Gasteiger partial charge in [-0.2, -0.15) is 0 Å². The van der Waals surface area contributed by atoms with Gasteiger partial charge in [-0.15, -0.1) is 0 Å². The molecule has 0 amide bonds. The molecule has 0 bridgehead atoms. The van der Waals surface area contributed by atoms with Crippen molar-refractivity contribution in [3.8, 4) is 28.7 Å². The van der Waals surface area contributed by atoms with Gasteiger partial charge in [-0.05, 0) is 54.4 Å². The lowest BCUT2D eigenvalue weighted by atomic mass is 9.76. The van der Waals surface area contributed by atoms with Gasteiger partial charge >= 0.3 is 0 Å². The van der Waals surface area contributed by atoms with E-state index < -0.39 is 5.92 Å². The molecule has 0 saturated heterocycles. The summed E-state index contributed by atoms with van der Waals surface area (Å²) >= 11 is 0. The predicted octanol–water partition coefficient (Wildman–Crippen LogP) is 5.65. The Balaban J connectivity index is 1.61. The van der Waals surface area contributed by atoms with Crippen molar-refractivity contribution in [3.63, 3.8) is 0 Å². The number of nitrogens with one attached hydrogen (secondary N) is 2. The fourth-order valence-electron chi connectivity index (χ4n) is 5.31. The van der Waals surface area contributed by atoms with E-state index in [0.717, 1.165) is 28.2 Å². The molecule has 8 nitrogen and oxygen atoms in total.